The van der Waals surface area contributed by atoms with E-state index < -0.39 is 0 Å². The second kappa shape index (κ2) is 5.70. The highest BCUT2D eigenvalue weighted by atomic mass is 79.9. The van der Waals surface area contributed by atoms with Crippen LogP contribution in [0.15, 0.2) is 22.7 Å². The van der Waals surface area contributed by atoms with Crippen LogP contribution >= 0.6 is 15.9 Å². The van der Waals surface area contributed by atoms with E-state index >= 15 is 0 Å². The number of nitriles is 1. The van der Waals surface area contributed by atoms with Crippen LogP contribution in [0.5, 0.6) is 0 Å². The van der Waals surface area contributed by atoms with Gasteiger partial charge in [-0.25, -0.2) is 0 Å². The van der Waals surface area contributed by atoms with E-state index in [4.69, 9.17) is 10.00 Å². The first-order valence-corrected chi connectivity index (χ1v) is 6.64. The number of hydrogen-bond donors (Lipinski definition) is 1. The molecule has 1 fully saturated rings. The molecule has 1 aromatic rings. The zero-order valence-electron chi connectivity index (χ0n) is 10.1. The van der Waals surface area contributed by atoms with E-state index in [1.165, 1.54) is 0 Å². The highest BCUT2D eigenvalue weighted by molar-refractivity contribution is 9.10. The van der Waals surface area contributed by atoms with Crippen molar-refractivity contribution >= 4 is 21.6 Å². The Labute approximate surface area is 115 Å². The van der Waals surface area contributed by atoms with Crippen LogP contribution in [0.1, 0.15) is 12.5 Å². The molecular formula is C13H15BrN2O2. The molecule has 0 saturated carbocycles. The monoisotopic (exact) mass is 310 g/mol. The minimum atomic E-state index is -0.150. The molecule has 5 heteroatoms. The average Bonchev–Trinajstić information content (AvgIpc) is 2.37. The van der Waals surface area contributed by atoms with Crippen molar-refractivity contribution in [3.05, 3.63) is 28.2 Å². The third-order valence-electron chi connectivity index (χ3n) is 2.97. The van der Waals surface area contributed by atoms with Gasteiger partial charge in [-0.1, -0.05) is 0 Å². The van der Waals surface area contributed by atoms with Gasteiger partial charge in [0.05, 0.1) is 24.4 Å². The number of rotatable bonds is 2. The number of halogens is 1. The second-order valence-corrected chi connectivity index (χ2v) is 5.29. The molecule has 2 rings (SSSR count). The van der Waals surface area contributed by atoms with Crippen LogP contribution < -0.4 is 4.90 Å². The fourth-order valence-corrected chi connectivity index (χ4v) is 2.60. The van der Waals surface area contributed by atoms with Gasteiger partial charge in [0.15, 0.2) is 0 Å². The summed E-state index contributed by atoms with van der Waals surface area (Å²) in [6, 6.07) is 7.79. The Morgan fingerprint density at radius 1 is 1.56 bits per heavy atom. The number of anilines is 1. The third-order valence-corrected chi connectivity index (χ3v) is 3.62. The summed E-state index contributed by atoms with van der Waals surface area (Å²) in [6.45, 7) is 3.47. The van der Waals surface area contributed by atoms with Crippen LogP contribution in [0.4, 0.5) is 5.69 Å². The normalized spacial score (nSPS) is 23.8. The topological polar surface area (TPSA) is 56.5 Å². The minimum Gasteiger partial charge on any atom is -0.394 e. The predicted molar refractivity (Wildman–Crippen MR) is 72.5 cm³/mol. The number of ether oxygens (including phenoxy) is 1. The van der Waals surface area contributed by atoms with Gasteiger partial charge in [-0.05, 0) is 41.1 Å². The van der Waals surface area contributed by atoms with Crippen molar-refractivity contribution < 1.29 is 9.84 Å². The van der Waals surface area contributed by atoms with E-state index in [0.29, 0.717) is 12.1 Å². The summed E-state index contributed by atoms with van der Waals surface area (Å²) in [5, 5.41) is 18.1. The standard InChI is InChI=1S/C13H15BrN2O2/c1-9-6-16(7-12(8-17)18-9)11-3-2-10(5-15)13(14)4-11/h2-4,9,12,17H,6-8H2,1H3. The average molecular weight is 311 g/mol. The van der Waals surface area contributed by atoms with Crippen LogP contribution in [0.2, 0.25) is 0 Å². The molecule has 4 nitrogen and oxygen atoms in total. The molecule has 1 saturated heterocycles. The Morgan fingerprint density at radius 3 is 2.94 bits per heavy atom. The molecule has 96 valence electrons. The van der Waals surface area contributed by atoms with E-state index in [9.17, 15) is 5.11 Å². The minimum absolute atomic E-state index is 0.0261. The van der Waals surface area contributed by atoms with Gasteiger partial charge < -0.3 is 14.7 Å². The molecule has 0 aliphatic carbocycles. The molecular weight excluding hydrogens is 296 g/mol. The maximum atomic E-state index is 9.21. The first-order valence-electron chi connectivity index (χ1n) is 5.85. The molecule has 0 aromatic heterocycles. The lowest BCUT2D eigenvalue weighted by Crippen LogP contribution is -2.48. The molecule has 0 spiro atoms. The molecule has 18 heavy (non-hydrogen) atoms. The molecule has 2 atom stereocenters. The van der Waals surface area contributed by atoms with Crippen LogP contribution in [-0.2, 0) is 4.74 Å². The number of morpholine rings is 1. The fraction of sp³-hybridized carbons (Fsp3) is 0.462. The number of nitrogens with zero attached hydrogens (tertiary/aromatic N) is 2. The van der Waals surface area contributed by atoms with Crippen molar-refractivity contribution in [2.75, 3.05) is 24.6 Å². The molecule has 2 unspecified atom stereocenters. The lowest BCUT2D eigenvalue weighted by Gasteiger charge is -2.37. The molecule has 0 radical (unpaired) electrons. The van der Waals surface area contributed by atoms with E-state index in [0.717, 1.165) is 16.7 Å². The quantitative estimate of drug-likeness (QED) is 0.906. The maximum absolute atomic E-state index is 9.21. The second-order valence-electron chi connectivity index (χ2n) is 4.43. The molecule has 1 aromatic carbocycles. The Bertz CT molecular complexity index is 473. The SMILES string of the molecule is CC1CN(c2ccc(C#N)c(Br)c2)CC(CO)O1. The van der Waals surface area contributed by atoms with Crippen LogP contribution in [-0.4, -0.2) is 37.0 Å². The summed E-state index contributed by atoms with van der Waals surface area (Å²) in [6.07, 6.45) is -0.0616. The van der Waals surface area contributed by atoms with E-state index in [1.54, 1.807) is 6.07 Å². The van der Waals surface area contributed by atoms with Crippen molar-refractivity contribution in [1.29, 1.82) is 5.26 Å². The fourth-order valence-electron chi connectivity index (χ4n) is 2.15. The first-order chi connectivity index (χ1) is 8.63. The highest BCUT2D eigenvalue weighted by Crippen LogP contribution is 2.26. The van der Waals surface area contributed by atoms with Gasteiger partial charge in [-0.15, -0.1) is 0 Å². The Hall–Kier alpha value is -1.09. The largest absolute Gasteiger partial charge is 0.394 e. The number of aliphatic hydroxyl groups excluding tert-OH is 1. The van der Waals surface area contributed by atoms with Gasteiger partial charge >= 0.3 is 0 Å². The van der Waals surface area contributed by atoms with Gasteiger partial charge in [0.2, 0.25) is 0 Å². The van der Waals surface area contributed by atoms with Gasteiger partial charge in [0.25, 0.3) is 0 Å². The number of aliphatic hydroxyl groups is 1. The Balaban J connectivity index is 2.20. The van der Waals surface area contributed by atoms with Crippen molar-refractivity contribution in [2.24, 2.45) is 0 Å². The lowest BCUT2D eigenvalue weighted by molar-refractivity contribution is -0.0421. The van der Waals surface area contributed by atoms with Gasteiger partial charge in [0, 0.05) is 23.2 Å². The van der Waals surface area contributed by atoms with E-state index in [1.807, 2.05) is 19.1 Å². The lowest BCUT2D eigenvalue weighted by atomic mass is 10.1. The molecule has 1 N–H and O–H groups in total. The smallest absolute Gasteiger partial charge is 0.100 e. The first kappa shape index (κ1) is 13.3. The van der Waals surface area contributed by atoms with Crippen LogP contribution in [0.25, 0.3) is 0 Å². The van der Waals surface area contributed by atoms with Crippen molar-refractivity contribution in [3.8, 4) is 6.07 Å². The summed E-state index contributed by atoms with van der Waals surface area (Å²) >= 11 is 3.39. The molecule has 0 bridgehead atoms. The summed E-state index contributed by atoms with van der Waals surface area (Å²) in [5.41, 5.74) is 1.66. The van der Waals surface area contributed by atoms with Crippen molar-refractivity contribution in [2.45, 2.75) is 19.1 Å². The van der Waals surface area contributed by atoms with E-state index in [2.05, 4.69) is 26.9 Å². The molecule has 1 aliphatic heterocycles. The third kappa shape index (κ3) is 2.83. The maximum Gasteiger partial charge on any atom is 0.100 e. The highest BCUT2D eigenvalue weighted by Gasteiger charge is 2.25. The molecule has 1 aliphatic rings. The number of benzene rings is 1. The Morgan fingerprint density at radius 2 is 2.33 bits per heavy atom. The van der Waals surface area contributed by atoms with Crippen LogP contribution in [0.3, 0.4) is 0 Å². The summed E-state index contributed by atoms with van der Waals surface area (Å²) in [4.78, 5) is 2.17. The summed E-state index contributed by atoms with van der Waals surface area (Å²) in [7, 11) is 0. The molecule has 1 heterocycles. The summed E-state index contributed by atoms with van der Waals surface area (Å²) in [5.74, 6) is 0. The van der Waals surface area contributed by atoms with Gasteiger partial charge in [-0.3, -0.25) is 0 Å². The number of hydrogen-bond acceptors (Lipinski definition) is 4. The van der Waals surface area contributed by atoms with Gasteiger partial charge in [-0.2, -0.15) is 5.26 Å². The zero-order valence-corrected chi connectivity index (χ0v) is 11.7. The van der Waals surface area contributed by atoms with E-state index in [-0.39, 0.29) is 18.8 Å². The molecule has 0 amide bonds. The van der Waals surface area contributed by atoms with Crippen molar-refractivity contribution in [1.82, 2.24) is 0 Å². The summed E-state index contributed by atoms with van der Waals surface area (Å²) < 4.78 is 6.40. The van der Waals surface area contributed by atoms with Gasteiger partial charge in [0.1, 0.15) is 6.07 Å². The van der Waals surface area contributed by atoms with Crippen molar-refractivity contribution in [3.63, 3.8) is 0 Å². The van der Waals surface area contributed by atoms with Crippen LogP contribution in [0, 0.1) is 11.3 Å². The zero-order chi connectivity index (χ0) is 13.1. The predicted octanol–water partition coefficient (Wildman–Crippen LogP) is 1.91. The Kier molecular flexibility index (Phi) is 4.23.